The zero-order chi connectivity index (χ0) is 22.3. The summed E-state index contributed by atoms with van der Waals surface area (Å²) in [5.74, 6) is -5.13. The smallest absolute Gasteiger partial charge is 0.343 e. The van der Waals surface area contributed by atoms with Crippen LogP contribution in [0.5, 0.6) is 0 Å². The Bertz CT molecular complexity index is 1070. The van der Waals surface area contributed by atoms with E-state index < -0.39 is 66.3 Å². The molecule has 160 valence electrons. The van der Waals surface area contributed by atoms with Gasteiger partial charge in [0.15, 0.2) is 11.6 Å². The second-order valence-corrected chi connectivity index (χ2v) is 8.30. The van der Waals surface area contributed by atoms with Crippen molar-refractivity contribution in [1.29, 1.82) is 0 Å². The molecular weight excluding hydrogens is 496 g/mol. The van der Waals surface area contributed by atoms with Crippen LogP contribution in [0.2, 0.25) is 0 Å². The average molecular weight is 508 g/mol. The Morgan fingerprint density at radius 3 is 2.31 bits per heavy atom. The lowest BCUT2D eigenvalue weighted by Crippen LogP contribution is -2.43. The van der Waals surface area contributed by atoms with Crippen molar-refractivity contribution < 1.29 is 39.6 Å². The number of hydrogen-bond acceptors (Lipinski definition) is 3. The van der Waals surface area contributed by atoms with E-state index in [0.29, 0.717) is 17.7 Å². The van der Waals surface area contributed by atoms with Gasteiger partial charge in [-0.15, -0.1) is 0 Å². The molecule has 0 radical (unpaired) electrons. The Hall–Kier alpha value is -2.06. The topological polar surface area (TPSA) is 80.2 Å². The highest BCUT2D eigenvalue weighted by atomic mass is 79.9. The summed E-state index contributed by atoms with van der Waals surface area (Å²) in [5.41, 5.74) is -1.44. The van der Waals surface area contributed by atoms with Crippen LogP contribution in [0.4, 0.5) is 32.0 Å². The second-order valence-electron chi connectivity index (χ2n) is 5.83. The van der Waals surface area contributed by atoms with Crippen molar-refractivity contribution in [2.24, 2.45) is 7.05 Å². The quantitative estimate of drug-likeness (QED) is 0.478. The molecule has 2 rings (SSSR count). The Labute approximate surface area is 169 Å². The maximum absolute atomic E-state index is 14.6. The van der Waals surface area contributed by atoms with Gasteiger partial charge in [0.25, 0.3) is 5.91 Å². The molecule has 0 saturated heterocycles. The summed E-state index contributed by atoms with van der Waals surface area (Å²) in [4.78, 5) is 11.1. The molecule has 0 spiro atoms. The molecule has 0 saturated carbocycles. The number of anilines is 1. The fraction of sp³-hybridized carbons (Fsp3) is 0.267. The van der Waals surface area contributed by atoms with E-state index in [1.54, 1.807) is 0 Å². The number of nitrogens with zero attached hydrogens (tertiary/aromatic N) is 1. The Morgan fingerprint density at radius 1 is 1.17 bits per heavy atom. The van der Waals surface area contributed by atoms with Crippen LogP contribution in [-0.2, 0) is 17.1 Å². The zero-order valence-electron chi connectivity index (χ0n) is 14.5. The van der Waals surface area contributed by atoms with Gasteiger partial charge in [-0.05, 0) is 35.0 Å². The van der Waals surface area contributed by atoms with E-state index in [1.165, 1.54) is 4.72 Å². The molecular formula is C15H12BrF6N3O3S. The molecule has 0 aliphatic rings. The standard InChI is InChI=1S/C15H12BrF6N3O3S/c1-6(15(20,21)22)24-29(27,28)9-5-25(2)13(12(9)19)14(26)23-8-4-3-7(17)10(16)11(8)18/h3-6,24H,1-2H3,(H,23,26). The predicted octanol–water partition coefficient (Wildman–Crippen LogP) is 3.69. The zero-order valence-corrected chi connectivity index (χ0v) is 16.9. The first kappa shape index (κ1) is 23.2. The lowest BCUT2D eigenvalue weighted by molar-refractivity contribution is -0.147. The lowest BCUT2D eigenvalue weighted by Gasteiger charge is -2.16. The molecule has 0 bridgehead atoms. The number of halogens is 7. The number of sulfonamides is 1. The highest BCUT2D eigenvalue weighted by molar-refractivity contribution is 9.10. The molecule has 1 atom stereocenters. The highest BCUT2D eigenvalue weighted by Gasteiger charge is 2.40. The fourth-order valence-electron chi connectivity index (χ4n) is 2.18. The molecule has 1 amide bonds. The van der Waals surface area contributed by atoms with E-state index in [1.807, 2.05) is 5.32 Å². The number of amides is 1. The van der Waals surface area contributed by atoms with Gasteiger partial charge in [-0.25, -0.2) is 21.6 Å². The monoisotopic (exact) mass is 507 g/mol. The summed E-state index contributed by atoms with van der Waals surface area (Å²) >= 11 is 2.61. The molecule has 1 aromatic heterocycles. The van der Waals surface area contributed by atoms with Crippen LogP contribution < -0.4 is 10.0 Å². The van der Waals surface area contributed by atoms with Gasteiger partial charge in [-0.2, -0.15) is 17.9 Å². The van der Waals surface area contributed by atoms with Crippen LogP contribution in [0.1, 0.15) is 17.4 Å². The van der Waals surface area contributed by atoms with E-state index in [4.69, 9.17) is 0 Å². The normalized spacial score (nSPS) is 13.4. The maximum Gasteiger partial charge on any atom is 0.404 e. The van der Waals surface area contributed by atoms with E-state index in [2.05, 4.69) is 15.9 Å². The molecule has 2 N–H and O–H groups in total. The summed E-state index contributed by atoms with van der Waals surface area (Å²) in [6, 6.07) is -0.865. The van der Waals surface area contributed by atoms with Crippen molar-refractivity contribution in [3.05, 3.63) is 45.9 Å². The van der Waals surface area contributed by atoms with E-state index in [9.17, 15) is 39.6 Å². The van der Waals surface area contributed by atoms with Crippen molar-refractivity contribution in [3.8, 4) is 0 Å². The summed E-state index contributed by atoms with van der Waals surface area (Å²) in [6.45, 7) is 0.515. The molecule has 1 unspecified atom stereocenters. The first-order valence-corrected chi connectivity index (χ1v) is 9.83. The molecule has 0 fully saturated rings. The number of aryl methyl sites for hydroxylation is 1. The van der Waals surface area contributed by atoms with Crippen molar-refractivity contribution in [1.82, 2.24) is 9.29 Å². The molecule has 1 aromatic carbocycles. The number of carbonyl (C=O) groups excluding carboxylic acids is 1. The Kier molecular flexibility index (Phi) is 6.40. The molecule has 6 nitrogen and oxygen atoms in total. The van der Waals surface area contributed by atoms with Crippen LogP contribution in [0, 0.1) is 17.5 Å². The fourth-order valence-corrected chi connectivity index (χ4v) is 3.88. The van der Waals surface area contributed by atoms with Gasteiger partial charge in [-0.1, -0.05) is 0 Å². The van der Waals surface area contributed by atoms with Crippen LogP contribution in [-0.4, -0.2) is 31.1 Å². The molecule has 1 heterocycles. The van der Waals surface area contributed by atoms with Gasteiger partial charge >= 0.3 is 6.18 Å². The summed E-state index contributed by atoms with van der Waals surface area (Å²) in [6.07, 6.45) is -4.33. The number of carbonyl (C=O) groups is 1. The Balaban J connectivity index is 2.39. The molecule has 29 heavy (non-hydrogen) atoms. The van der Waals surface area contributed by atoms with E-state index in [0.717, 1.165) is 19.2 Å². The minimum Gasteiger partial charge on any atom is -0.343 e. The van der Waals surface area contributed by atoms with Gasteiger partial charge in [0.05, 0.1) is 10.2 Å². The molecule has 14 heteroatoms. The van der Waals surface area contributed by atoms with Crippen LogP contribution >= 0.6 is 15.9 Å². The third-order valence-electron chi connectivity index (χ3n) is 3.70. The SMILES string of the molecule is CC(NS(=O)(=O)c1cn(C)c(C(=O)Nc2ccc(F)c(Br)c2F)c1F)C(F)(F)F. The number of aromatic nitrogens is 1. The second kappa shape index (κ2) is 7.99. The van der Waals surface area contributed by atoms with Gasteiger partial charge in [-0.3, -0.25) is 4.79 Å². The molecule has 0 aliphatic heterocycles. The molecule has 0 aliphatic carbocycles. The third kappa shape index (κ3) is 4.75. The Morgan fingerprint density at radius 2 is 1.76 bits per heavy atom. The van der Waals surface area contributed by atoms with Crippen molar-refractivity contribution in [2.75, 3.05) is 5.32 Å². The van der Waals surface area contributed by atoms with Crippen LogP contribution in [0.25, 0.3) is 0 Å². The first-order valence-electron chi connectivity index (χ1n) is 7.55. The number of rotatable bonds is 5. The van der Waals surface area contributed by atoms with Crippen LogP contribution in [0.3, 0.4) is 0 Å². The van der Waals surface area contributed by atoms with Crippen molar-refractivity contribution in [3.63, 3.8) is 0 Å². The summed E-state index contributed by atoms with van der Waals surface area (Å²) in [7, 11) is -3.92. The van der Waals surface area contributed by atoms with Gasteiger partial charge < -0.3 is 9.88 Å². The lowest BCUT2D eigenvalue weighted by atomic mass is 10.2. The van der Waals surface area contributed by atoms with Crippen molar-refractivity contribution in [2.45, 2.75) is 24.0 Å². The minimum atomic E-state index is -4.98. The van der Waals surface area contributed by atoms with Crippen LogP contribution in [0.15, 0.2) is 27.7 Å². The van der Waals surface area contributed by atoms with Crippen molar-refractivity contribution >= 4 is 37.5 Å². The maximum atomic E-state index is 14.6. The summed E-state index contributed by atoms with van der Waals surface area (Å²) < 4.78 is 105. The van der Waals surface area contributed by atoms with Gasteiger partial charge in [0.1, 0.15) is 22.4 Å². The number of benzene rings is 1. The highest BCUT2D eigenvalue weighted by Crippen LogP contribution is 2.28. The van der Waals surface area contributed by atoms with E-state index in [-0.39, 0.29) is 0 Å². The average Bonchev–Trinajstić information content (AvgIpc) is 2.89. The number of nitrogens with one attached hydrogen (secondary N) is 2. The minimum absolute atomic E-state index is 0.515. The number of hydrogen-bond donors (Lipinski definition) is 2. The predicted molar refractivity (Wildman–Crippen MR) is 93.2 cm³/mol. The summed E-state index contributed by atoms with van der Waals surface area (Å²) in [5, 5.41) is 1.94. The van der Waals surface area contributed by atoms with Gasteiger partial charge in [0, 0.05) is 13.2 Å². The van der Waals surface area contributed by atoms with Gasteiger partial charge in [0.2, 0.25) is 10.0 Å². The van der Waals surface area contributed by atoms with E-state index >= 15 is 0 Å². The third-order valence-corrected chi connectivity index (χ3v) is 5.95. The number of alkyl halides is 3. The molecule has 2 aromatic rings. The largest absolute Gasteiger partial charge is 0.404 e. The first-order chi connectivity index (χ1) is 13.2.